The van der Waals surface area contributed by atoms with Crippen molar-refractivity contribution >= 4 is 52.2 Å². The maximum Gasteiger partial charge on any atom is 0.339 e. The third kappa shape index (κ3) is 4.26. The first-order valence-corrected chi connectivity index (χ1v) is 9.65. The summed E-state index contributed by atoms with van der Waals surface area (Å²) in [5.74, 6) is -1.72. The molecular formula is C21H16ClN3O3S. The molecule has 2 N–H and O–H groups in total. The zero-order chi connectivity index (χ0) is 21.1. The second-order valence-electron chi connectivity index (χ2n) is 6.09. The van der Waals surface area contributed by atoms with E-state index in [4.69, 9.17) is 11.6 Å². The van der Waals surface area contributed by atoms with E-state index >= 15 is 0 Å². The largest absolute Gasteiger partial charge is 0.478 e. The van der Waals surface area contributed by atoms with Crippen LogP contribution in [0.1, 0.15) is 39.2 Å². The van der Waals surface area contributed by atoms with E-state index < -0.39 is 11.9 Å². The number of aromatic nitrogens is 2. The van der Waals surface area contributed by atoms with Gasteiger partial charge in [-0.3, -0.25) is 9.78 Å². The number of carbonyl (C=O) groups is 2. The lowest BCUT2D eigenvalue weighted by atomic mass is 10.1. The lowest BCUT2D eigenvalue weighted by Gasteiger charge is -2.08. The van der Waals surface area contributed by atoms with Crippen LogP contribution >= 0.6 is 22.9 Å². The second-order valence-corrected chi connectivity index (χ2v) is 7.41. The van der Waals surface area contributed by atoms with Gasteiger partial charge < -0.3 is 10.4 Å². The highest BCUT2D eigenvalue weighted by atomic mass is 35.5. The number of hydrogen-bond acceptors (Lipinski definition) is 5. The van der Waals surface area contributed by atoms with Crippen LogP contribution in [0.15, 0.2) is 49.0 Å². The number of carboxylic acid groups (broad SMARTS) is 1. The van der Waals surface area contributed by atoms with Crippen LogP contribution in [0.5, 0.6) is 0 Å². The first-order valence-electron chi connectivity index (χ1n) is 8.39. The van der Waals surface area contributed by atoms with Crippen molar-refractivity contribution in [2.45, 2.75) is 6.92 Å². The first kappa shape index (κ1) is 20.4. The topological polar surface area (TPSA) is 92.2 Å². The normalized spacial score (nSPS) is 10.4. The maximum absolute atomic E-state index is 12.7. The summed E-state index contributed by atoms with van der Waals surface area (Å²) < 4.78 is 0. The van der Waals surface area contributed by atoms with Gasteiger partial charge in [0.25, 0.3) is 5.91 Å². The molecule has 0 spiro atoms. The van der Waals surface area contributed by atoms with Crippen molar-refractivity contribution in [2.75, 3.05) is 5.32 Å². The molecule has 6 nitrogen and oxygen atoms in total. The first-order chi connectivity index (χ1) is 13.8. The van der Waals surface area contributed by atoms with Gasteiger partial charge in [0.1, 0.15) is 11.3 Å². The third-order valence-corrected chi connectivity index (χ3v) is 5.27. The summed E-state index contributed by atoms with van der Waals surface area (Å²) in [7, 11) is 0. The minimum Gasteiger partial charge on any atom is -0.478 e. The molecule has 0 atom stereocenters. The molecule has 0 saturated carbocycles. The fourth-order valence-corrected chi connectivity index (χ4v) is 3.76. The van der Waals surface area contributed by atoms with Crippen LogP contribution < -0.4 is 5.32 Å². The van der Waals surface area contributed by atoms with Crippen molar-refractivity contribution in [3.8, 4) is 10.4 Å². The zero-order valence-electron chi connectivity index (χ0n) is 15.4. The molecule has 0 radical (unpaired) electrons. The van der Waals surface area contributed by atoms with E-state index in [1.165, 1.54) is 23.6 Å². The molecule has 1 aromatic carbocycles. The van der Waals surface area contributed by atoms with Crippen molar-refractivity contribution in [1.29, 1.82) is 0 Å². The number of rotatable bonds is 6. The van der Waals surface area contributed by atoms with Crippen LogP contribution in [0.3, 0.4) is 0 Å². The molecule has 0 saturated heterocycles. The van der Waals surface area contributed by atoms with E-state index in [1.54, 1.807) is 36.6 Å². The number of halogens is 1. The quantitative estimate of drug-likeness (QED) is 0.545. The highest BCUT2D eigenvalue weighted by molar-refractivity contribution is 7.14. The Morgan fingerprint density at radius 2 is 1.97 bits per heavy atom. The highest BCUT2D eigenvalue weighted by Gasteiger charge is 2.22. The number of amides is 1. The monoisotopic (exact) mass is 425 g/mol. The number of carboxylic acids is 1. The van der Waals surface area contributed by atoms with Gasteiger partial charge in [-0.2, -0.15) is 0 Å². The fourth-order valence-electron chi connectivity index (χ4n) is 2.63. The number of anilines is 1. The molecule has 0 aliphatic heterocycles. The van der Waals surface area contributed by atoms with Crippen molar-refractivity contribution in [3.05, 3.63) is 76.7 Å². The van der Waals surface area contributed by atoms with E-state index in [-0.39, 0.29) is 16.9 Å². The van der Waals surface area contributed by atoms with Crippen LogP contribution in [0.25, 0.3) is 22.1 Å². The van der Waals surface area contributed by atoms with Crippen molar-refractivity contribution in [2.24, 2.45) is 0 Å². The van der Waals surface area contributed by atoms with E-state index in [9.17, 15) is 14.7 Å². The van der Waals surface area contributed by atoms with Crippen molar-refractivity contribution in [3.63, 3.8) is 0 Å². The van der Waals surface area contributed by atoms with Crippen LogP contribution in [0.4, 0.5) is 5.69 Å². The van der Waals surface area contributed by atoms with Gasteiger partial charge in [0, 0.05) is 10.4 Å². The Morgan fingerprint density at radius 1 is 1.28 bits per heavy atom. The summed E-state index contributed by atoms with van der Waals surface area (Å²) in [5.41, 5.74) is 2.53. The fraction of sp³-hybridized carbons (Fsp3) is 0.0476. The predicted octanol–water partition coefficient (Wildman–Crippen LogP) is 5.49. The van der Waals surface area contributed by atoms with Gasteiger partial charge in [0.2, 0.25) is 0 Å². The van der Waals surface area contributed by atoms with Gasteiger partial charge in [-0.25, -0.2) is 9.78 Å². The van der Waals surface area contributed by atoms with Gasteiger partial charge in [0.05, 0.1) is 28.1 Å². The number of allylic oxidation sites excluding steroid dienone is 1. The highest BCUT2D eigenvalue weighted by Crippen LogP contribution is 2.36. The molecular weight excluding hydrogens is 410 g/mol. The molecule has 0 unspecified atom stereocenters. The Balaban J connectivity index is 1.96. The van der Waals surface area contributed by atoms with Crippen molar-refractivity contribution < 1.29 is 14.7 Å². The number of thiophene rings is 1. The maximum atomic E-state index is 12.7. The van der Waals surface area contributed by atoms with E-state index in [0.717, 1.165) is 0 Å². The molecule has 3 aromatic rings. The summed E-state index contributed by atoms with van der Waals surface area (Å²) in [6.07, 6.45) is 2.84. The molecule has 0 bridgehead atoms. The van der Waals surface area contributed by atoms with E-state index in [0.29, 0.717) is 32.4 Å². The van der Waals surface area contributed by atoms with E-state index in [1.807, 2.05) is 0 Å². The van der Waals surface area contributed by atoms with Crippen LogP contribution in [-0.2, 0) is 0 Å². The van der Waals surface area contributed by atoms with Gasteiger partial charge >= 0.3 is 5.97 Å². The molecule has 2 aromatic heterocycles. The Hall–Kier alpha value is -3.29. The second kappa shape index (κ2) is 8.38. The van der Waals surface area contributed by atoms with Crippen LogP contribution in [-0.4, -0.2) is 27.0 Å². The summed E-state index contributed by atoms with van der Waals surface area (Å²) in [4.78, 5) is 33.5. The van der Waals surface area contributed by atoms with Gasteiger partial charge in [-0.1, -0.05) is 36.9 Å². The minimum atomic E-state index is -1.15. The summed E-state index contributed by atoms with van der Waals surface area (Å²) in [5, 5.41) is 14.4. The lowest BCUT2D eigenvalue weighted by molar-refractivity contribution is 0.0699. The smallest absolute Gasteiger partial charge is 0.339 e. The molecule has 3 rings (SSSR count). The molecule has 0 fully saturated rings. The molecule has 1 amide bonds. The summed E-state index contributed by atoms with van der Waals surface area (Å²) in [6.45, 7) is 9.25. The average molecular weight is 426 g/mol. The SMILES string of the molecule is C=Cc1ncc(C(=O)Nc2csc(-c3ccc(Cl)cc3)c2C(=O)O)nc1C(=C)C. The van der Waals surface area contributed by atoms with Crippen LogP contribution in [0, 0.1) is 0 Å². The lowest BCUT2D eigenvalue weighted by Crippen LogP contribution is -2.17. The Morgan fingerprint density at radius 3 is 2.55 bits per heavy atom. The number of benzene rings is 1. The number of nitrogens with one attached hydrogen (secondary N) is 1. The number of carbonyl (C=O) groups excluding carboxylic acids is 1. The Labute approximate surface area is 176 Å². The Kier molecular flexibility index (Phi) is 5.91. The standard InChI is InChI=1S/C21H16ClN3O3S/c1-4-14-18(11(2)3)24-15(9-23-14)20(26)25-16-10-29-19(17(16)21(27)28)12-5-7-13(22)8-6-12/h4-10H,1-2H2,3H3,(H,25,26)(H,27,28). The molecule has 0 aliphatic carbocycles. The minimum absolute atomic E-state index is 0.00136. The van der Waals surface area contributed by atoms with Crippen molar-refractivity contribution in [1.82, 2.24) is 9.97 Å². The predicted molar refractivity (Wildman–Crippen MR) is 117 cm³/mol. The number of hydrogen-bond donors (Lipinski definition) is 2. The number of aromatic carboxylic acids is 1. The Bertz CT molecular complexity index is 1140. The van der Waals surface area contributed by atoms with Gasteiger partial charge in [0.15, 0.2) is 0 Å². The molecule has 146 valence electrons. The average Bonchev–Trinajstić information content (AvgIpc) is 3.11. The third-order valence-electron chi connectivity index (χ3n) is 3.99. The van der Waals surface area contributed by atoms with Crippen LogP contribution in [0.2, 0.25) is 5.02 Å². The summed E-state index contributed by atoms with van der Waals surface area (Å²) in [6, 6.07) is 6.81. The molecule has 8 heteroatoms. The van der Waals surface area contributed by atoms with Gasteiger partial charge in [-0.15, -0.1) is 11.3 Å². The zero-order valence-corrected chi connectivity index (χ0v) is 17.0. The molecule has 2 heterocycles. The van der Waals surface area contributed by atoms with Gasteiger partial charge in [-0.05, 0) is 36.3 Å². The number of nitrogens with zero attached hydrogens (tertiary/aromatic N) is 2. The van der Waals surface area contributed by atoms with E-state index in [2.05, 4.69) is 28.4 Å². The summed E-state index contributed by atoms with van der Waals surface area (Å²) >= 11 is 7.12. The molecule has 29 heavy (non-hydrogen) atoms. The molecule has 0 aliphatic rings.